The number of nitrogens with one attached hydrogen (secondary N) is 1. The third-order valence-electron chi connectivity index (χ3n) is 1.79. The van der Waals surface area contributed by atoms with Crippen molar-refractivity contribution in [1.29, 1.82) is 0 Å². The highest BCUT2D eigenvalue weighted by molar-refractivity contribution is 5.81. The zero-order valence-electron chi connectivity index (χ0n) is 9.03. The van der Waals surface area contributed by atoms with Crippen molar-refractivity contribution in [1.82, 2.24) is 5.32 Å². The van der Waals surface area contributed by atoms with Crippen LogP contribution in [0.4, 0.5) is 0 Å². The summed E-state index contributed by atoms with van der Waals surface area (Å²) >= 11 is 0. The van der Waals surface area contributed by atoms with Gasteiger partial charge >= 0.3 is 5.97 Å². The molecule has 0 radical (unpaired) electrons. The fourth-order valence-electron chi connectivity index (χ4n) is 0.826. The van der Waals surface area contributed by atoms with Crippen LogP contribution in [0.2, 0.25) is 0 Å². The van der Waals surface area contributed by atoms with Crippen LogP contribution in [0.3, 0.4) is 0 Å². The van der Waals surface area contributed by atoms with Crippen LogP contribution < -0.4 is 11.1 Å². The van der Waals surface area contributed by atoms with Gasteiger partial charge < -0.3 is 20.9 Å². The Bertz CT molecular complexity index is 218. The highest BCUT2D eigenvalue weighted by Gasteiger charge is 2.16. The van der Waals surface area contributed by atoms with E-state index in [-0.39, 0.29) is 31.6 Å². The molecular formula is C9H18N2O4. The molecule has 0 aliphatic carbocycles. The van der Waals surface area contributed by atoms with Crippen LogP contribution in [0, 0.1) is 5.92 Å². The third kappa shape index (κ3) is 6.87. The van der Waals surface area contributed by atoms with Crippen molar-refractivity contribution in [2.24, 2.45) is 11.7 Å². The van der Waals surface area contributed by atoms with E-state index in [0.29, 0.717) is 0 Å². The van der Waals surface area contributed by atoms with E-state index in [1.54, 1.807) is 0 Å². The minimum atomic E-state index is -1.03. The number of nitrogens with two attached hydrogens (primary N) is 1. The summed E-state index contributed by atoms with van der Waals surface area (Å²) in [6.07, 6.45) is 0. The molecule has 0 saturated carbocycles. The van der Waals surface area contributed by atoms with Crippen LogP contribution in [0.25, 0.3) is 0 Å². The number of carboxylic acids is 1. The lowest BCUT2D eigenvalue weighted by atomic mass is 10.1. The lowest BCUT2D eigenvalue weighted by molar-refractivity contribution is -0.142. The minimum absolute atomic E-state index is 0.0740. The van der Waals surface area contributed by atoms with Crippen LogP contribution in [0.5, 0.6) is 0 Å². The van der Waals surface area contributed by atoms with Crippen LogP contribution in [0.1, 0.15) is 13.8 Å². The Balaban J connectivity index is 3.51. The number of carbonyl (C=O) groups excluding carboxylic acids is 1. The maximum absolute atomic E-state index is 11.3. The molecule has 0 fully saturated rings. The predicted molar refractivity (Wildman–Crippen MR) is 54.3 cm³/mol. The van der Waals surface area contributed by atoms with Gasteiger partial charge in [-0.15, -0.1) is 0 Å². The van der Waals surface area contributed by atoms with Crippen molar-refractivity contribution in [2.75, 3.05) is 19.8 Å². The smallest absolute Gasteiger partial charge is 0.329 e. The van der Waals surface area contributed by atoms with Crippen LogP contribution in [0.15, 0.2) is 0 Å². The number of aliphatic carboxylic acids is 1. The normalized spacial score (nSPS) is 12.5. The van der Waals surface area contributed by atoms with Gasteiger partial charge in [0.05, 0.1) is 12.6 Å². The van der Waals surface area contributed by atoms with Crippen molar-refractivity contribution in [2.45, 2.75) is 19.9 Å². The standard InChI is InChI=1S/C9H18N2O4/c1-6(2)8(10)9(14)11-3-4-15-5-7(12)13/h6,8H,3-5,10H2,1-2H3,(H,11,14)(H,12,13)/t8-/m1/s1. The lowest BCUT2D eigenvalue weighted by Crippen LogP contribution is -2.44. The summed E-state index contributed by atoms with van der Waals surface area (Å²) in [6, 6.07) is -0.538. The molecule has 0 unspecified atom stereocenters. The number of amides is 1. The summed E-state index contributed by atoms with van der Waals surface area (Å²) in [4.78, 5) is 21.3. The van der Waals surface area contributed by atoms with Crippen molar-refractivity contribution < 1.29 is 19.4 Å². The molecule has 4 N–H and O–H groups in total. The molecule has 0 aliphatic rings. The van der Waals surface area contributed by atoms with Crippen LogP contribution in [-0.2, 0) is 14.3 Å². The second-order valence-corrected chi connectivity index (χ2v) is 3.51. The lowest BCUT2D eigenvalue weighted by Gasteiger charge is -2.14. The molecular weight excluding hydrogens is 200 g/mol. The molecule has 0 aliphatic heterocycles. The molecule has 0 heterocycles. The number of hydrogen-bond acceptors (Lipinski definition) is 4. The number of carbonyl (C=O) groups is 2. The molecule has 0 spiro atoms. The number of hydrogen-bond donors (Lipinski definition) is 3. The van der Waals surface area contributed by atoms with Crippen molar-refractivity contribution in [3.63, 3.8) is 0 Å². The first-order chi connectivity index (χ1) is 6.95. The summed E-state index contributed by atoms with van der Waals surface area (Å²) in [6.45, 7) is 3.79. The second kappa shape index (κ2) is 7.19. The summed E-state index contributed by atoms with van der Waals surface area (Å²) in [7, 11) is 0. The first-order valence-corrected chi connectivity index (χ1v) is 4.78. The van der Waals surface area contributed by atoms with E-state index < -0.39 is 12.0 Å². The van der Waals surface area contributed by atoms with Gasteiger partial charge in [-0.1, -0.05) is 13.8 Å². The first-order valence-electron chi connectivity index (χ1n) is 4.78. The Morgan fingerprint density at radius 2 is 2.07 bits per heavy atom. The summed E-state index contributed by atoms with van der Waals surface area (Å²) in [5.74, 6) is -1.20. The molecule has 1 atom stereocenters. The number of carboxylic acid groups (broad SMARTS) is 1. The van der Waals surface area contributed by atoms with Gasteiger partial charge in [0.2, 0.25) is 5.91 Å². The molecule has 0 aromatic heterocycles. The van der Waals surface area contributed by atoms with E-state index in [1.165, 1.54) is 0 Å². The second-order valence-electron chi connectivity index (χ2n) is 3.51. The van der Waals surface area contributed by atoms with E-state index in [1.807, 2.05) is 13.8 Å². The fourth-order valence-corrected chi connectivity index (χ4v) is 0.826. The number of rotatable bonds is 7. The fraction of sp³-hybridized carbons (Fsp3) is 0.778. The van der Waals surface area contributed by atoms with E-state index in [4.69, 9.17) is 15.6 Å². The van der Waals surface area contributed by atoms with Crippen LogP contribution >= 0.6 is 0 Å². The van der Waals surface area contributed by atoms with Gasteiger partial charge in [0.1, 0.15) is 6.61 Å². The average Bonchev–Trinajstić information content (AvgIpc) is 2.15. The van der Waals surface area contributed by atoms with Gasteiger partial charge in [-0.25, -0.2) is 4.79 Å². The maximum Gasteiger partial charge on any atom is 0.329 e. The molecule has 6 nitrogen and oxygen atoms in total. The Morgan fingerprint density at radius 1 is 1.47 bits per heavy atom. The summed E-state index contributed by atoms with van der Waals surface area (Å²) < 4.78 is 4.73. The quantitative estimate of drug-likeness (QED) is 0.485. The van der Waals surface area contributed by atoms with Gasteiger partial charge in [0.25, 0.3) is 0 Å². The van der Waals surface area contributed by atoms with Crippen molar-refractivity contribution in [3.8, 4) is 0 Å². The van der Waals surface area contributed by atoms with Crippen molar-refractivity contribution in [3.05, 3.63) is 0 Å². The molecule has 0 rings (SSSR count). The third-order valence-corrected chi connectivity index (χ3v) is 1.79. The highest BCUT2D eigenvalue weighted by atomic mass is 16.5. The number of ether oxygens (including phenoxy) is 1. The SMILES string of the molecule is CC(C)[C@@H](N)C(=O)NCCOCC(=O)O. The van der Waals surface area contributed by atoms with E-state index in [0.717, 1.165) is 0 Å². The Hall–Kier alpha value is -1.14. The molecule has 0 bridgehead atoms. The van der Waals surface area contributed by atoms with Gasteiger partial charge in [0.15, 0.2) is 0 Å². The molecule has 1 amide bonds. The summed E-state index contributed by atoms with van der Waals surface area (Å²) in [5.41, 5.74) is 5.58. The maximum atomic E-state index is 11.3. The van der Waals surface area contributed by atoms with Gasteiger partial charge in [0, 0.05) is 6.54 Å². The van der Waals surface area contributed by atoms with E-state index in [2.05, 4.69) is 5.32 Å². The molecule has 6 heteroatoms. The highest BCUT2D eigenvalue weighted by Crippen LogP contribution is 1.97. The van der Waals surface area contributed by atoms with E-state index in [9.17, 15) is 9.59 Å². The monoisotopic (exact) mass is 218 g/mol. The topological polar surface area (TPSA) is 102 Å². The minimum Gasteiger partial charge on any atom is -0.480 e. The first kappa shape index (κ1) is 13.9. The Morgan fingerprint density at radius 3 is 2.53 bits per heavy atom. The zero-order valence-corrected chi connectivity index (χ0v) is 9.03. The van der Waals surface area contributed by atoms with Crippen LogP contribution in [-0.4, -0.2) is 42.8 Å². The Labute approximate surface area is 88.8 Å². The van der Waals surface area contributed by atoms with Crippen molar-refractivity contribution >= 4 is 11.9 Å². The van der Waals surface area contributed by atoms with Gasteiger partial charge in [-0.3, -0.25) is 4.79 Å². The largest absolute Gasteiger partial charge is 0.480 e. The summed E-state index contributed by atoms with van der Waals surface area (Å²) in [5, 5.41) is 10.8. The zero-order chi connectivity index (χ0) is 11.8. The molecule has 0 aromatic rings. The predicted octanol–water partition coefficient (Wildman–Crippen LogP) is -0.813. The molecule has 15 heavy (non-hydrogen) atoms. The molecule has 88 valence electrons. The van der Waals surface area contributed by atoms with Gasteiger partial charge in [-0.2, -0.15) is 0 Å². The van der Waals surface area contributed by atoms with E-state index >= 15 is 0 Å². The Kier molecular flexibility index (Phi) is 6.64. The molecule has 0 saturated heterocycles. The van der Waals surface area contributed by atoms with Gasteiger partial charge in [-0.05, 0) is 5.92 Å². The molecule has 0 aromatic carbocycles. The average molecular weight is 218 g/mol.